The number of esters is 1. The SMILES string of the molecule is CCOC(=O)C(O)c1c(Br)cccc1OC. The number of methoxy groups -OCH3 is 1. The molecule has 0 aliphatic rings. The number of aliphatic hydroxyl groups is 1. The van der Waals surface area contributed by atoms with E-state index in [2.05, 4.69) is 15.9 Å². The first-order valence-corrected chi connectivity index (χ1v) is 5.58. The molecule has 1 N–H and O–H groups in total. The predicted octanol–water partition coefficient (Wildman–Crippen LogP) is 2.05. The van der Waals surface area contributed by atoms with Crippen LogP contribution in [0.25, 0.3) is 0 Å². The van der Waals surface area contributed by atoms with E-state index in [4.69, 9.17) is 9.47 Å². The highest BCUT2D eigenvalue weighted by atomic mass is 79.9. The van der Waals surface area contributed by atoms with E-state index in [9.17, 15) is 9.90 Å². The van der Waals surface area contributed by atoms with Gasteiger partial charge in [-0.05, 0) is 19.1 Å². The summed E-state index contributed by atoms with van der Waals surface area (Å²) in [6.45, 7) is 1.91. The van der Waals surface area contributed by atoms with E-state index in [1.807, 2.05) is 0 Å². The van der Waals surface area contributed by atoms with Gasteiger partial charge >= 0.3 is 5.97 Å². The van der Waals surface area contributed by atoms with E-state index in [1.54, 1.807) is 25.1 Å². The van der Waals surface area contributed by atoms with E-state index in [0.717, 1.165) is 0 Å². The molecule has 0 radical (unpaired) electrons. The van der Waals surface area contributed by atoms with Crippen molar-refractivity contribution in [2.45, 2.75) is 13.0 Å². The van der Waals surface area contributed by atoms with Crippen molar-refractivity contribution in [3.05, 3.63) is 28.2 Å². The number of carbonyl (C=O) groups is 1. The Kier molecular flexibility index (Phi) is 4.76. The maximum Gasteiger partial charge on any atom is 0.339 e. The summed E-state index contributed by atoms with van der Waals surface area (Å²) >= 11 is 3.26. The molecular weight excluding hydrogens is 276 g/mol. The fraction of sp³-hybridized carbons (Fsp3) is 0.364. The van der Waals surface area contributed by atoms with Crippen LogP contribution < -0.4 is 4.74 Å². The molecule has 5 heteroatoms. The van der Waals surface area contributed by atoms with Crippen molar-refractivity contribution in [2.75, 3.05) is 13.7 Å². The summed E-state index contributed by atoms with van der Waals surface area (Å²) in [7, 11) is 1.48. The molecule has 0 saturated heterocycles. The highest BCUT2D eigenvalue weighted by molar-refractivity contribution is 9.10. The molecule has 1 aromatic rings. The molecule has 0 bridgehead atoms. The van der Waals surface area contributed by atoms with Crippen LogP contribution in [0, 0.1) is 0 Å². The van der Waals surface area contributed by atoms with E-state index >= 15 is 0 Å². The minimum Gasteiger partial charge on any atom is -0.496 e. The molecule has 1 rings (SSSR count). The van der Waals surface area contributed by atoms with Crippen molar-refractivity contribution in [1.29, 1.82) is 0 Å². The molecule has 0 amide bonds. The highest BCUT2D eigenvalue weighted by Crippen LogP contribution is 2.32. The molecule has 0 spiro atoms. The van der Waals surface area contributed by atoms with Crippen LogP contribution in [-0.4, -0.2) is 24.8 Å². The number of benzene rings is 1. The summed E-state index contributed by atoms with van der Waals surface area (Å²) < 4.78 is 10.4. The van der Waals surface area contributed by atoms with Gasteiger partial charge in [0.25, 0.3) is 0 Å². The first kappa shape index (κ1) is 13.0. The van der Waals surface area contributed by atoms with Crippen LogP contribution in [0.5, 0.6) is 5.75 Å². The van der Waals surface area contributed by atoms with Gasteiger partial charge in [0.05, 0.1) is 13.7 Å². The Balaban J connectivity index is 3.06. The van der Waals surface area contributed by atoms with Gasteiger partial charge in [-0.15, -0.1) is 0 Å². The number of halogens is 1. The van der Waals surface area contributed by atoms with Gasteiger partial charge in [-0.2, -0.15) is 0 Å². The molecule has 0 aliphatic heterocycles. The van der Waals surface area contributed by atoms with Crippen LogP contribution in [-0.2, 0) is 9.53 Å². The van der Waals surface area contributed by atoms with E-state index in [1.165, 1.54) is 7.11 Å². The van der Waals surface area contributed by atoms with Gasteiger partial charge in [0.2, 0.25) is 0 Å². The van der Waals surface area contributed by atoms with Gasteiger partial charge in [-0.3, -0.25) is 0 Å². The highest BCUT2D eigenvalue weighted by Gasteiger charge is 2.24. The summed E-state index contributed by atoms with van der Waals surface area (Å²) in [5, 5.41) is 9.83. The zero-order chi connectivity index (χ0) is 12.1. The second-order valence-corrected chi connectivity index (χ2v) is 3.86. The summed E-state index contributed by atoms with van der Waals surface area (Å²) in [4.78, 5) is 11.4. The lowest BCUT2D eigenvalue weighted by Crippen LogP contribution is -2.16. The number of carbonyl (C=O) groups excluding carboxylic acids is 1. The molecule has 0 fully saturated rings. The number of rotatable bonds is 4. The Morgan fingerprint density at radius 1 is 1.56 bits per heavy atom. The summed E-state index contributed by atoms with van der Waals surface area (Å²) in [5.74, 6) is -0.248. The summed E-state index contributed by atoms with van der Waals surface area (Å²) in [6, 6.07) is 5.15. The zero-order valence-corrected chi connectivity index (χ0v) is 10.7. The third-order valence-corrected chi connectivity index (χ3v) is 2.71. The topological polar surface area (TPSA) is 55.8 Å². The van der Waals surface area contributed by atoms with Crippen LogP contribution >= 0.6 is 15.9 Å². The maximum absolute atomic E-state index is 11.4. The largest absolute Gasteiger partial charge is 0.496 e. The normalized spacial score (nSPS) is 12.0. The van der Waals surface area contributed by atoms with Gasteiger partial charge < -0.3 is 14.6 Å². The fourth-order valence-corrected chi connectivity index (χ4v) is 1.86. The average molecular weight is 289 g/mol. The quantitative estimate of drug-likeness (QED) is 0.862. The molecule has 1 atom stereocenters. The molecule has 0 aliphatic carbocycles. The molecule has 0 heterocycles. The van der Waals surface area contributed by atoms with Crippen molar-refractivity contribution in [3.63, 3.8) is 0 Å². The van der Waals surface area contributed by atoms with Crippen LogP contribution in [0.15, 0.2) is 22.7 Å². The zero-order valence-electron chi connectivity index (χ0n) is 9.07. The lowest BCUT2D eigenvalue weighted by Gasteiger charge is -2.15. The maximum atomic E-state index is 11.4. The van der Waals surface area contributed by atoms with Crippen LogP contribution in [0.1, 0.15) is 18.6 Å². The van der Waals surface area contributed by atoms with Crippen LogP contribution in [0.3, 0.4) is 0 Å². The van der Waals surface area contributed by atoms with Gasteiger partial charge in [-0.25, -0.2) is 4.79 Å². The molecule has 1 aromatic carbocycles. The Hall–Kier alpha value is -1.07. The third kappa shape index (κ3) is 2.74. The van der Waals surface area contributed by atoms with Gasteiger partial charge in [-0.1, -0.05) is 22.0 Å². The van der Waals surface area contributed by atoms with Crippen molar-refractivity contribution in [3.8, 4) is 5.75 Å². The van der Waals surface area contributed by atoms with Gasteiger partial charge in [0, 0.05) is 10.0 Å². The monoisotopic (exact) mass is 288 g/mol. The molecule has 4 nitrogen and oxygen atoms in total. The molecule has 0 aromatic heterocycles. The summed E-state index contributed by atoms with van der Waals surface area (Å²) in [6.07, 6.45) is -1.34. The number of aliphatic hydroxyl groups excluding tert-OH is 1. The van der Waals surface area contributed by atoms with Gasteiger partial charge in [0.15, 0.2) is 6.10 Å². The standard InChI is InChI=1S/C11H13BrO4/c1-3-16-11(14)10(13)9-7(12)5-4-6-8(9)15-2/h4-6,10,13H,3H2,1-2H3. The Morgan fingerprint density at radius 3 is 2.81 bits per heavy atom. The minimum absolute atomic E-state index is 0.225. The van der Waals surface area contributed by atoms with E-state index < -0.39 is 12.1 Å². The lowest BCUT2D eigenvalue weighted by atomic mass is 10.1. The first-order valence-electron chi connectivity index (χ1n) is 4.78. The van der Waals surface area contributed by atoms with Crippen molar-refractivity contribution in [2.24, 2.45) is 0 Å². The van der Waals surface area contributed by atoms with Crippen molar-refractivity contribution >= 4 is 21.9 Å². The minimum atomic E-state index is -1.34. The number of hydrogen-bond acceptors (Lipinski definition) is 4. The Bertz CT molecular complexity index is 378. The molecule has 16 heavy (non-hydrogen) atoms. The summed E-state index contributed by atoms with van der Waals surface area (Å²) in [5.41, 5.74) is 0.378. The van der Waals surface area contributed by atoms with E-state index in [-0.39, 0.29) is 6.61 Å². The average Bonchev–Trinajstić information content (AvgIpc) is 2.28. The molecular formula is C11H13BrO4. The van der Waals surface area contributed by atoms with Crippen molar-refractivity contribution in [1.82, 2.24) is 0 Å². The van der Waals surface area contributed by atoms with E-state index in [0.29, 0.717) is 15.8 Å². The van der Waals surface area contributed by atoms with Gasteiger partial charge in [0.1, 0.15) is 5.75 Å². The Morgan fingerprint density at radius 2 is 2.25 bits per heavy atom. The van der Waals surface area contributed by atoms with Crippen LogP contribution in [0.2, 0.25) is 0 Å². The number of ether oxygens (including phenoxy) is 2. The Labute approximate surface area is 102 Å². The van der Waals surface area contributed by atoms with Crippen molar-refractivity contribution < 1.29 is 19.4 Å². The molecule has 88 valence electrons. The lowest BCUT2D eigenvalue weighted by molar-refractivity contribution is -0.153. The second-order valence-electron chi connectivity index (χ2n) is 3.01. The second kappa shape index (κ2) is 5.86. The van der Waals surface area contributed by atoms with Crippen LogP contribution in [0.4, 0.5) is 0 Å². The third-order valence-electron chi connectivity index (χ3n) is 2.02. The first-order chi connectivity index (χ1) is 7.61. The number of hydrogen-bond donors (Lipinski definition) is 1. The molecule has 1 unspecified atom stereocenters. The molecule has 0 saturated carbocycles. The fourth-order valence-electron chi connectivity index (χ4n) is 1.30. The predicted molar refractivity (Wildman–Crippen MR) is 62.3 cm³/mol. The smallest absolute Gasteiger partial charge is 0.339 e.